The van der Waals surface area contributed by atoms with E-state index in [0.717, 1.165) is 50.7 Å². The molecular weight excluding hydrogens is 352 g/mol. The predicted octanol–water partition coefficient (Wildman–Crippen LogP) is 1.95. The van der Waals surface area contributed by atoms with Gasteiger partial charge in [0.15, 0.2) is 0 Å². The number of aromatic nitrogens is 2. The van der Waals surface area contributed by atoms with Crippen LogP contribution in [0, 0.1) is 11.3 Å². The first-order valence-electron chi connectivity index (χ1n) is 10.5. The lowest BCUT2D eigenvalue weighted by Gasteiger charge is -2.42. The van der Waals surface area contributed by atoms with Crippen molar-refractivity contribution in [3.05, 3.63) is 12.4 Å². The van der Waals surface area contributed by atoms with Gasteiger partial charge in [-0.2, -0.15) is 0 Å². The second kappa shape index (κ2) is 8.64. The van der Waals surface area contributed by atoms with Crippen molar-refractivity contribution in [1.29, 1.82) is 0 Å². The quantitative estimate of drug-likeness (QED) is 0.769. The van der Waals surface area contributed by atoms with Crippen LogP contribution in [0.15, 0.2) is 12.4 Å². The lowest BCUT2D eigenvalue weighted by atomic mass is 9.80. The molecule has 1 unspecified atom stereocenters. The highest BCUT2D eigenvalue weighted by molar-refractivity contribution is 5.83. The maximum atomic E-state index is 13.4. The number of carbonyl (C=O) groups is 1. The number of anilines is 2. The van der Waals surface area contributed by atoms with Crippen LogP contribution in [0.4, 0.5) is 11.6 Å². The molecule has 3 heterocycles. The highest BCUT2D eigenvalue weighted by Gasteiger charge is 2.40. The van der Waals surface area contributed by atoms with Crippen molar-refractivity contribution in [1.82, 2.24) is 19.8 Å². The Morgan fingerprint density at radius 2 is 1.93 bits per heavy atom. The van der Waals surface area contributed by atoms with E-state index in [4.69, 9.17) is 0 Å². The Morgan fingerprint density at radius 1 is 1.21 bits per heavy atom. The van der Waals surface area contributed by atoms with Crippen molar-refractivity contribution < 1.29 is 4.79 Å². The summed E-state index contributed by atoms with van der Waals surface area (Å²) in [7, 11) is 8.12. The molecular formula is C21H36N6O. The summed E-state index contributed by atoms with van der Waals surface area (Å²) < 4.78 is 0. The Balaban J connectivity index is 1.65. The van der Waals surface area contributed by atoms with Gasteiger partial charge in [-0.1, -0.05) is 0 Å². The van der Waals surface area contributed by atoms with E-state index in [1.54, 1.807) is 6.33 Å². The minimum absolute atomic E-state index is 0.276. The third-order valence-electron chi connectivity index (χ3n) is 6.35. The van der Waals surface area contributed by atoms with Crippen molar-refractivity contribution >= 4 is 17.5 Å². The van der Waals surface area contributed by atoms with E-state index < -0.39 is 0 Å². The minimum atomic E-state index is -0.359. The van der Waals surface area contributed by atoms with E-state index in [-0.39, 0.29) is 11.3 Å². The zero-order chi connectivity index (χ0) is 20.3. The van der Waals surface area contributed by atoms with Crippen LogP contribution in [0.2, 0.25) is 0 Å². The van der Waals surface area contributed by atoms with Crippen LogP contribution < -0.4 is 9.80 Å². The van der Waals surface area contributed by atoms with Crippen LogP contribution in [-0.2, 0) is 4.79 Å². The molecule has 7 heteroatoms. The van der Waals surface area contributed by atoms with E-state index in [2.05, 4.69) is 33.7 Å². The Morgan fingerprint density at radius 3 is 2.61 bits per heavy atom. The molecule has 2 fully saturated rings. The number of hydrogen-bond donors (Lipinski definition) is 0. The summed E-state index contributed by atoms with van der Waals surface area (Å²) in [5.74, 6) is 2.70. The van der Waals surface area contributed by atoms with Crippen molar-refractivity contribution in [2.24, 2.45) is 11.3 Å². The highest BCUT2D eigenvalue weighted by atomic mass is 16.2. The van der Waals surface area contributed by atoms with Gasteiger partial charge in [0.1, 0.15) is 18.0 Å². The summed E-state index contributed by atoms with van der Waals surface area (Å²) in [6.07, 6.45) is 5.93. The molecule has 0 saturated carbocycles. The topological polar surface area (TPSA) is 55.8 Å². The number of likely N-dealkylation sites (tertiary alicyclic amines) is 1. The molecule has 2 aliphatic heterocycles. The van der Waals surface area contributed by atoms with Gasteiger partial charge >= 0.3 is 0 Å². The van der Waals surface area contributed by atoms with Crippen molar-refractivity contribution in [3.8, 4) is 0 Å². The van der Waals surface area contributed by atoms with Gasteiger partial charge in [0.25, 0.3) is 0 Å². The molecule has 156 valence electrons. The standard InChI is InChI=1S/C21H36N6O/c1-21(20(28)26(5)14-17-7-11-25(4)12-8-17)9-6-10-27(15-21)19-13-18(24(2)3)22-16-23-19/h13,16-17H,6-12,14-15H2,1-5H3. The second-order valence-electron chi connectivity index (χ2n) is 9.15. The van der Waals surface area contributed by atoms with Gasteiger partial charge in [-0.05, 0) is 58.7 Å². The first kappa shape index (κ1) is 20.8. The number of rotatable bonds is 5. The zero-order valence-electron chi connectivity index (χ0n) is 18.2. The number of hydrogen-bond acceptors (Lipinski definition) is 6. The number of piperidine rings is 2. The first-order chi connectivity index (χ1) is 13.3. The fraction of sp³-hybridized carbons (Fsp3) is 0.762. The van der Waals surface area contributed by atoms with E-state index in [0.29, 0.717) is 12.5 Å². The largest absolute Gasteiger partial charge is 0.363 e. The van der Waals surface area contributed by atoms with Crippen LogP contribution in [0.1, 0.15) is 32.6 Å². The third-order valence-corrected chi connectivity index (χ3v) is 6.35. The second-order valence-corrected chi connectivity index (χ2v) is 9.15. The molecule has 28 heavy (non-hydrogen) atoms. The van der Waals surface area contributed by atoms with Gasteiger partial charge < -0.3 is 19.6 Å². The van der Waals surface area contributed by atoms with Gasteiger partial charge in [-0.15, -0.1) is 0 Å². The van der Waals surface area contributed by atoms with Crippen molar-refractivity contribution in [3.63, 3.8) is 0 Å². The molecule has 2 saturated heterocycles. The normalized spacial score (nSPS) is 24.2. The third kappa shape index (κ3) is 4.74. The van der Waals surface area contributed by atoms with Gasteiger partial charge in [-0.25, -0.2) is 9.97 Å². The Hall–Kier alpha value is -1.89. The molecule has 2 aliphatic rings. The molecule has 0 N–H and O–H groups in total. The summed E-state index contributed by atoms with van der Waals surface area (Å²) in [6, 6.07) is 2.01. The summed E-state index contributed by atoms with van der Waals surface area (Å²) in [6.45, 7) is 6.93. The lowest BCUT2D eigenvalue weighted by molar-refractivity contribution is -0.141. The zero-order valence-corrected chi connectivity index (χ0v) is 18.2. The fourth-order valence-corrected chi connectivity index (χ4v) is 4.54. The molecule has 7 nitrogen and oxygen atoms in total. The summed E-state index contributed by atoms with van der Waals surface area (Å²) in [4.78, 5) is 30.7. The van der Waals surface area contributed by atoms with Crippen LogP contribution in [-0.4, -0.2) is 86.6 Å². The molecule has 3 rings (SSSR count). The van der Waals surface area contributed by atoms with Gasteiger partial charge in [0.05, 0.1) is 5.41 Å². The van der Waals surface area contributed by atoms with Crippen LogP contribution in [0.3, 0.4) is 0 Å². The van der Waals surface area contributed by atoms with Crippen LogP contribution in [0.25, 0.3) is 0 Å². The smallest absolute Gasteiger partial charge is 0.230 e. The minimum Gasteiger partial charge on any atom is -0.363 e. The van der Waals surface area contributed by atoms with Crippen molar-refractivity contribution in [2.45, 2.75) is 32.6 Å². The lowest BCUT2D eigenvalue weighted by Crippen LogP contribution is -2.52. The van der Waals surface area contributed by atoms with E-state index in [1.165, 1.54) is 12.8 Å². The Labute approximate surface area is 169 Å². The summed E-state index contributed by atoms with van der Waals surface area (Å²) >= 11 is 0. The molecule has 0 bridgehead atoms. The Bertz CT molecular complexity index is 673. The molecule has 0 radical (unpaired) electrons. The van der Waals surface area contributed by atoms with Crippen molar-refractivity contribution in [2.75, 3.05) is 70.7 Å². The Kier molecular flexibility index (Phi) is 6.43. The first-order valence-corrected chi connectivity index (χ1v) is 10.5. The van der Waals surface area contributed by atoms with Gasteiger partial charge in [-0.3, -0.25) is 4.79 Å². The average Bonchev–Trinajstić information content (AvgIpc) is 2.69. The van der Waals surface area contributed by atoms with Gasteiger partial charge in [0.2, 0.25) is 5.91 Å². The number of amides is 1. The molecule has 0 aromatic carbocycles. The molecule has 1 aromatic rings. The average molecular weight is 389 g/mol. The van der Waals surface area contributed by atoms with E-state index in [9.17, 15) is 4.79 Å². The number of nitrogens with zero attached hydrogens (tertiary/aromatic N) is 6. The molecule has 1 amide bonds. The fourth-order valence-electron chi connectivity index (χ4n) is 4.54. The monoisotopic (exact) mass is 388 g/mol. The predicted molar refractivity (Wildman–Crippen MR) is 114 cm³/mol. The van der Waals surface area contributed by atoms with Crippen LogP contribution in [0.5, 0.6) is 0 Å². The maximum Gasteiger partial charge on any atom is 0.230 e. The number of carbonyl (C=O) groups excluding carboxylic acids is 1. The summed E-state index contributed by atoms with van der Waals surface area (Å²) in [5, 5.41) is 0. The van der Waals surface area contributed by atoms with E-state index in [1.807, 2.05) is 37.0 Å². The van der Waals surface area contributed by atoms with Crippen LogP contribution >= 0.6 is 0 Å². The molecule has 1 aromatic heterocycles. The SMILES string of the molecule is CN1CCC(CN(C)C(=O)C2(C)CCCN(c3cc(N(C)C)ncn3)C2)CC1. The van der Waals surface area contributed by atoms with Gasteiger partial charge in [0, 0.05) is 46.8 Å². The molecule has 1 atom stereocenters. The maximum absolute atomic E-state index is 13.4. The highest BCUT2D eigenvalue weighted by Crippen LogP contribution is 2.34. The van der Waals surface area contributed by atoms with E-state index >= 15 is 0 Å². The molecule has 0 spiro atoms. The summed E-state index contributed by atoms with van der Waals surface area (Å²) in [5.41, 5.74) is -0.359. The molecule has 0 aliphatic carbocycles.